The van der Waals surface area contributed by atoms with E-state index in [4.69, 9.17) is 9.47 Å². The average molecular weight is 259 g/mol. The molecule has 5 nitrogen and oxygen atoms in total. The third-order valence-electron chi connectivity index (χ3n) is 2.42. The third kappa shape index (κ3) is 4.13. The van der Waals surface area contributed by atoms with Crippen molar-refractivity contribution < 1.29 is 9.47 Å². The molecule has 0 aliphatic carbocycles. The van der Waals surface area contributed by atoms with Gasteiger partial charge in [0, 0.05) is 13.1 Å². The molecular weight excluding hydrogens is 242 g/mol. The number of hydrogen-bond donors (Lipinski definition) is 1. The van der Waals surface area contributed by atoms with Crippen LogP contribution in [-0.2, 0) is 0 Å². The summed E-state index contributed by atoms with van der Waals surface area (Å²) < 4.78 is 11.1. The fraction of sp³-hybridized carbons (Fsp3) is 0.286. The van der Waals surface area contributed by atoms with Crippen molar-refractivity contribution in [2.75, 3.05) is 25.6 Å². The van der Waals surface area contributed by atoms with Crippen LogP contribution >= 0.6 is 0 Å². The Morgan fingerprint density at radius 2 is 1.79 bits per heavy atom. The average Bonchev–Trinajstić information content (AvgIpc) is 2.44. The second-order valence-electron chi connectivity index (χ2n) is 3.90. The first kappa shape index (κ1) is 13.1. The number of aromatic nitrogens is 2. The molecule has 100 valence electrons. The van der Waals surface area contributed by atoms with E-state index in [0.29, 0.717) is 24.9 Å². The van der Waals surface area contributed by atoms with Crippen LogP contribution in [-0.4, -0.2) is 30.2 Å². The largest absolute Gasteiger partial charge is 0.490 e. The molecule has 0 radical (unpaired) electrons. The smallest absolute Gasteiger partial charge is 0.218 e. The third-order valence-corrected chi connectivity index (χ3v) is 2.42. The maximum atomic E-state index is 5.53. The number of hydrogen-bond acceptors (Lipinski definition) is 5. The highest BCUT2D eigenvalue weighted by atomic mass is 16.5. The lowest BCUT2D eigenvalue weighted by Gasteiger charge is -2.09. The van der Waals surface area contributed by atoms with Gasteiger partial charge in [-0.25, -0.2) is 4.98 Å². The van der Waals surface area contributed by atoms with Crippen molar-refractivity contribution in [2.45, 2.75) is 6.92 Å². The minimum atomic E-state index is 0.439. The van der Waals surface area contributed by atoms with E-state index in [9.17, 15) is 0 Å². The second kappa shape index (κ2) is 6.58. The van der Waals surface area contributed by atoms with E-state index in [1.807, 2.05) is 44.3 Å². The predicted molar refractivity (Wildman–Crippen MR) is 73.7 cm³/mol. The van der Waals surface area contributed by atoms with Gasteiger partial charge in [0.1, 0.15) is 30.6 Å². The number of anilines is 1. The highest BCUT2D eigenvalue weighted by molar-refractivity contribution is 5.37. The maximum Gasteiger partial charge on any atom is 0.218 e. The lowest BCUT2D eigenvalue weighted by molar-refractivity contribution is 0.211. The molecule has 2 rings (SSSR count). The molecule has 0 aliphatic heterocycles. The lowest BCUT2D eigenvalue weighted by atomic mass is 10.3. The molecule has 0 spiro atoms. The van der Waals surface area contributed by atoms with Crippen molar-refractivity contribution in [3.05, 3.63) is 42.2 Å². The van der Waals surface area contributed by atoms with Gasteiger partial charge in [0.05, 0.1) is 0 Å². The Balaban J connectivity index is 1.81. The Labute approximate surface area is 112 Å². The van der Waals surface area contributed by atoms with Crippen molar-refractivity contribution in [1.29, 1.82) is 0 Å². The van der Waals surface area contributed by atoms with Gasteiger partial charge in [0.15, 0.2) is 0 Å². The second-order valence-corrected chi connectivity index (χ2v) is 3.90. The molecule has 1 aromatic carbocycles. The Morgan fingerprint density at radius 3 is 2.53 bits per heavy atom. The molecule has 0 saturated carbocycles. The zero-order valence-electron chi connectivity index (χ0n) is 11.1. The summed E-state index contributed by atoms with van der Waals surface area (Å²) in [5.74, 6) is 2.80. The van der Waals surface area contributed by atoms with Crippen molar-refractivity contribution >= 4 is 5.82 Å². The number of nitrogens with one attached hydrogen (secondary N) is 1. The van der Waals surface area contributed by atoms with Crippen LogP contribution in [0.3, 0.4) is 0 Å². The normalized spacial score (nSPS) is 10.0. The van der Waals surface area contributed by atoms with E-state index in [2.05, 4.69) is 15.3 Å². The number of ether oxygens (including phenoxy) is 2. The highest BCUT2D eigenvalue weighted by Crippen LogP contribution is 2.13. The summed E-state index contributed by atoms with van der Waals surface area (Å²) in [7, 11) is 1.81. The van der Waals surface area contributed by atoms with Gasteiger partial charge in [-0.2, -0.15) is 4.98 Å². The summed E-state index contributed by atoms with van der Waals surface area (Å²) in [5, 5.41) is 2.96. The number of aryl methyl sites for hydroxylation is 1. The van der Waals surface area contributed by atoms with Gasteiger partial charge in [-0.3, -0.25) is 0 Å². The zero-order valence-corrected chi connectivity index (χ0v) is 11.1. The summed E-state index contributed by atoms with van der Waals surface area (Å²) in [6.45, 7) is 2.74. The summed E-state index contributed by atoms with van der Waals surface area (Å²) >= 11 is 0. The van der Waals surface area contributed by atoms with Crippen LogP contribution in [0.5, 0.6) is 11.6 Å². The first-order valence-electron chi connectivity index (χ1n) is 6.12. The van der Waals surface area contributed by atoms with Crippen molar-refractivity contribution in [1.82, 2.24) is 9.97 Å². The Morgan fingerprint density at radius 1 is 1.05 bits per heavy atom. The minimum Gasteiger partial charge on any atom is -0.490 e. The number of para-hydroxylation sites is 1. The van der Waals surface area contributed by atoms with E-state index in [1.165, 1.54) is 0 Å². The van der Waals surface area contributed by atoms with Crippen LogP contribution in [0.2, 0.25) is 0 Å². The first-order valence-corrected chi connectivity index (χ1v) is 6.12. The van der Waals surface area contributed by atoms with E-state index in [-0.39, 0.29) is 0 Å². The van der Waals surface area contributed by atoms with Gasteiger partial charge < -0.3 is 14.8 Å². The standard InChI is InChI=1S/C14H17N3O2/c1-11-16-13(15-2)10-14(17-11)19-9-8-18-12-6-4-3-5-7-12/h3-7,10H,8-9H2,1-2H3,(H,15,16,17). The molecule has 1 aromatic heterocycles. The van der Waals surface area contributed by atoms with Crippen molar-refractivity contribution in [3.63, 3.8) is 0 Å². The SMILES string of the molecule is CNc1cc(OCCOc2ccccc2)nc(C)n1. The summed E-state index contributed by atoms with van der Waals surface area (Å²) in [5.41, 5.74) is 0. The zero-order chi connectivity index (χ0) is 13.5. The van der Waals surface area contributed by atoms with E-state index >= 15 is 0 Å². The summed E-state index contributed by atoms with van der Waals surface area (Å²) in [6.07, 6.45) is 0. The van der Waals surface area contributed by atoms with Crippen molar-refractivity contribution in [2.24, 2.45) is 0 Å². The van der Waals surface area contributed by atoms with Crippen LogP contribution in [0.1, 0.15) is 5.82 Å². The first-order chi connectivity index (χ1) is 9.28. The van der Waals surface area contributed by atoms with E-state index < -0.39 is 0 Å². The fourth-order valence-corrected chi connectivity index (χ4v) is 1.56. The molecule has 0 amide bonds. The van der Waals surface area contributed by atoms with E-state index in [1.54, 1.807) is 6.07 Å². The maximum absolute atomic E-state index is 5.53. The molecule has 0 fully saturated rings. The summed E-state index contributed by atoms with van der Waals surface area (Å²) in [4.78, 5) is 8.39. The highest BCUT2D eigenvalue weighted by Gasteiger charge is 2.01. The van der Waals surface area contributed by atoms with Crippen LogP contribution in [0.25, 0.3) is 0 Å². The van der Waals surface area contributed by atoms with Gasteiger partial charge in [0.2, 0.25) is 5.88 Å². The van der Waals surface area contributed by atoms with Crippen LogP contribution < -0.4 is 14.8 Å². The molecule has 5 heteroatoms. The quantitative estimate of drug-likeness (QED) is 0.807. The monoisotopic (exact) mass is 259 g/mol. The van der Waals surface area contributed by atoms with Crippen LogP contribution in [0, 0.1) is 6.92 Å². The number of benzene rings is 1. The minimum absolute atomic E-state index is 0.439. The summed E-state index contributed by atoms with van der Waals surface area (Å²) in [6, 6.07) is 11.4. The van der Waals surface area contributed by atoms with Crippen LogP contribution in [0.4, 0.5) is 5.82 Å². The topological polar surface area (TPSA) is 56.3 Å². The molecule has 0 atom stereocenters. The molecule has 0 unspecified atom stereocenters. The van der Waals surface area contributed by atoms with Crippen LogP contribution in [0.15, 0.2) is 36.4 Å². The van der Waals surface area contributed by atoms with Gasteiger partial charge in [-0.15, -0.1) is 0 Å². The van der Waals surface area contributed by atoms with Crippen molar-refractivity contribution in [3.8, 4) is 11.6 Å². The molecular formula is C14H17N3O2. The number of nitrogens with zero attached hydrogens (tertiary/aromatic N) is 2. The Bertz CT molecular complexity index is 517. The van der Waals surface area contributed by atoms with Gasteiger partial charge in [0.25, 0.3) is 0 Å². The molecule has 0 saturated heterocycles. The molecule has 0 bridgehead atoms. The molecule has 1 heterocycles. The van der Waals surface area contributed by atoms with Gasteiger partial charge in [-0.05, 0) is 19.1 Å². The van der Waals surface area contributed by atoms with Gasteiger partial charge >= 0.3 is 0 Å². The predicted octanol–water partition coefficient (Wildman–Crippen LogP) is 2.28. The lowest BCUT2D eigenvalue weighted by Crippen LogP contribution is -2.10. The molecule has 19 heavy (non-hydrogen) atoms. The Hall–Kier alpha value is -2.30. The number of rotatable bonds is 6. The molecule has 2 aromatic rings. The fourth-order valence-electron chi connectivity index (χ4n) is 1.56. The van der Waals surface area contributed by atoms with E-state index in [0.717, 1.165) is 11.6 Å². The Kier molecular flexibility index (Phi) is 4.55. The molecule has 1 N–H and O–H groups in total. The molecule has 0 aliphatic rings. The van der Waals surface area contributed by atoms with Gasteiger partial charge in [-0.1, -0.05) is 18.2 Å².